The smallest absolute Gasteiger partial charge is 0.385 e. The fourth-order valence-corrected chi connectivity index (χ4v) is 1.82. The van der Waals surface area contributed by atoms with Gasteiger partial charge in [0.25, 0.3) is 0 Å². The summed E-state index contributed by atoms with van der Waals surface area (Å²) in [5, 5.41) is 10.0. The zero-order chi connectivity index (χ0) is 12.4. The normalized spacial score (nSPS) is 15.9. The third-order valence-corrected chi connectivity index (χ3v) is 2.55. The van der Waals surface area contributed by atoms with E-state index in [1.54, 1.807) is 0 Å². The lowest BCUT2D eigenvalue weighted by molar-refractivity contribution is -0.140. The van der Waals surface area contributed by atoms with Crippen LogP contribution in [0.15, 0.2) is 24.3 Å². The molecule has 1 aromatic carbocycles. The van der Waals surface area contributed by atoms with Gasteiger partial charge in [0, 0.05) is 0 Å². The summed E-state index contributed by atoms with van der Waals surface area (Å²) in [7, 11) is 0. The van der Waals surface area contributed by atoms with Crippen molar-refractivity contribution in [2.75, 3.05) is 0 Å². The van der Waals surface area contributed by atoms with Crippen LogP contribution in [0.5, 0.6) is 0 Å². The summed E-state index contributed by atoms with van der Waals surface area (Å²) in [4.78, 5) is 0. The highest BCUT2D eigenvalue weighted by Crippen LogP contribution is 2.38. The number of halogens is 3. The number of hydrogen-bond donors (Lipinski definition) is 1. The molecule has 0 saturated heterocycles. The summed E-state index contributed by atoms with van der Waals surface area (Å²) in [6.45, 7) is 3.24. The van der Waals surface area contributed by atoms with Gasteiger partial charge in [-0.1, -0.05) is 31.5 Å². The highest BCUT2D eigenvalue weighted by Gasteiger charge is 2.37. The van der Waals surface area contributed by atoms with Gasteiger partial charge in [-0.3, -0.25) is 0 Å². The summed E-state index contributed by atoms with van der Waals surface area (Å²) < 4.78 is 38.1. The van der Waals surface area contributed by atoms with Gasteiger partial charge < -0.3 is 5.11 Å². The van der Waals surface area contributed by atoms with E-state index in [0.717, 1.165) is 6.07 Å². The maximum Gasteiger partial charge on any atom is 0.416 e. The summed E-state index contributed by atoms with van der Waals surface area (Å²) >= 11 is 0. The second-order valence-corrected chi connectivity index (χ2v) is 4.07. The minimum absolute atomic E-state index is 0.0515. The van der Waals surface area contributed by atoms with Crippen LogP contribution in [-0.4, -0.2) is 5.11 Å². The van der Waals surface area contributed by atoms with E-state index in [0.29, 0.717) is 12.8 Å². The van der Waals surface area contributed by atoms with E-state index in [1.807, 2.05) is 6.92 Å². The van der Waals surface area contributed by atoms with E-state index in [2.05, 4.69) is 0 Å². The predicted molar refractivity (Wildman–Crippen MR) is 55.9 cm³/mol. The van der Waals surface area contributed by atoms with Gasteiger partial charge in [-0.25, -0.2) is 0 Å². The topological polar surface area (TPSA) is 20.2 Å². The van der Waals surface area contributed by atoms with Crippen LogP contribution in [0.2, 0.25) is 0 Å². The molecule has 1 aromatic rings. The van der Waals surface area contributed by atoms with Gasteiger partial charge in [0.2, 0.25) is 0 Å². The van der Waals surface area contributed by atoms with Crippen LogP contribution >= 0.6 is 0 Å². The largest absolute Gasteiger partial charge is 0.416 e. The van der Waals surface area contributed by atoms with Gasteiger partial charge in [0.05, 0.1) is 11.2 Å². The van der Waals surface area contributed by atoms with Crippen molar-refractivity contribution in [1.29, 1.82) is 0 Å². The third kappa shape index (κ3) is 2.76. The Kier molecular flexibility index (Phi) is 3.63. The Balaban J connectivity index is 3.23. The Hall–Kier alpha value is -1.03. The van der Waals surface area contributed by atoms with Crippen LogP contribution in [0.3, 0.4) is 0 Å². The van der Waals surface area contributed by atoms with Crippen molar-refractivity contribution in [2.24, 2.45) is 0 Å². The Bertz CT molecular complexity index is 356. The SMILES string of the molecule is CCCC(C)(O)c1ccccc1C(F)(F)F. The predicted octanol–water partition coefficient (Wildman–Crippen LogP) is 3.71. The first-order valence-electron chi connectivity index (χ1n) is 5.18. The molecule has 0 aliphatic heterocycles. The van der Waals surface area contributed by atoms with Gasteiger partial charge >= 0.3 is 6.18 Å². The van der Waals surface area contributed by atoms with E-state index in [4.69, 9.17) is 0 Å². The number of aliphatic hydroxyl groups is 1. The Morgan fingerprint density at radius 3 is 2.06 bits per heavy atom. The van der Waals surface area contributed by atoms with Crippen molar-refractivity contribution in [3.8, 4) is 0 Å². The van der Waals surface area contributed by atoms with Gasteiger partial charge in [-0.15, -0.1) is 0 Å². The van der Waals surface area contributed by atoms with Crippen molar-refractivity contribution in [3.63, 3.8) is 0 Å². The van der Waals surface area contributed by atoms with Crippen LogP contribution < -0.4 is 0 Å². The van der Waals surface area contributed by atoms with E-state index < -0.39 is 17.3 Å². The average molecular weight is 232 g/mol. The molecule has 0 amide bonds. The molecule has 0 fully saturated rings. The average Bonchev–Trinajstić information content (AvgIpc) is 2.16. The second-order valence-electron chi connectivity index (χ2n) is 4.07. The minimum Gasteiger partial charge on any atom is -0.385 e. The third-order valence-electron chi connectivity index (χ3n) is 2.55. The van der Waals surface area contributed by atoms with Crippen molar-refractivity contribution in [3.05, 3.63) is 35.4 Å². The molecule has 4 heteroatoms. The highest BCUT2D eigenvalue weighted by atomic mass is 19.4. The van der Waals surface area contributed by atoms with Gasteiger partial charge in [0.15, 0.2) is 0 Å². The van der Waals surface area contributed by atoms with Crippen LogP contribution in [0, 0.1) is 0 Å². The maximum absolute atomic E-state index is 12.7. The molecule has 0 aliphatic carbocycles. The fourth-order valence-electron chi connectivity index (χ4n) is 1.82. The summed E-state index contributed by atoms with van der Waals surface area (Å²) in [6.07, 6.45) is -3.49. The van der Waals surface area contributed by atoms with Crippen molar-refractivity contribution >= 4 is 0 Å². The molecule has 0 aliphatic rings. The van der Waals surface area contributed by atoms with Crippen LogP contribution in [0.1, 0.15) is 37.8 Å². The molecule has 1 rings (SSSR count). The first kappa shape index (κ1) is 13.0. The van der Waals surface area contributed by atoms with Gasteiger partial charge in [-0.05, 0) is 25.0 Å². The lowest BCUT2D eigenvalue weighted by Gasteiger charge is -2.26. The molecule has 1 N–H and O–H groups in total. The highest BCUT2D eigenvalue weighted by molar-refractivity contribution is 5.34. The second kappa shape index (κ2) is 4.45. The van der Waals surface area contributed by atoms with Gasteiger partial charge in [-0.2, -0.15) is 13.2 Å². The van der Waals surface area contributed by atoms with Crippen LogP contribution in [-0.2, 0) is 11.8 Å². The molecule has 16 heavy (non-hydrogen) atoms. The van der Waals surface area contributed by atoms with E-state index in [9.17, 15) is 18.3 Å². The zero-order valence-electron chi connectivity index (χ0n) is 9.30. The molecule has 1 unspecified atom stereocenters. The van der Waals surface area contributed by atoms with E-state index in [-0.39, 0.29) is 5.56 Å². The molecule has 1 nitrogen and oxygen atoms in total. The summed E-state index contributed by atoms with van der Waals surface area (Å²) in [5.41, 5.74) is -2.24. The lowest BCUT2D eigenvalue weighted by Crippen LogP contribution is -2.25. The van der Waals surface area contributed by atoms with Gasteiger partial charge in [0.1, 0.15) is 0 Å². The van der Waals surface area contributed by atoms with E-state index >= 15 is 0 Å². The summed E-state index contributed by atoms with van der Waals surface area (Å²) in [5.74, 6) is 0. The first-order valence-corrected chi connectivity index (χ1v) is 5.18. The van der Waals surface area contributed by atoms with E-state index in [1.165, 1.54) is 25.1 Å². The molecule has 0 saturated carbocycles. The Labute approximate surface area is 92.9 Å². The molecular formula is C12H15F3O. The zero-order valence-corrected chi connectivity index (χ0v) is 9.30. The molecule has 0 aromatic heterocycles. The number of rotatable bonds is 3. The summed E-state index contributed by atoms with van der Waals surface area (Å²) in [6, 6.07) is 5.17. The van der Waals surface area contributed by atoms with Crippen molar-refractivity contribution in [1.82, 2.24) is 0 Å². The maximum atomic E-state index is 12.7. The van der Waals surface area contributed by atoms with Crippen molar-refractivity contribution < 1.29 is 18.3 Å². The molecule has 0 heterocycles. The van der Waals surface area contributed by atoms with Crippen molar-refractivity contribution in [2.45, 2.75) is 38.5 Å². The lowest BCUT2D eigenvalue weighted by atomic mass is 9.87. The fraction of sp³-hybridized carbons (Fsp3) is 0.500. The van der Waals surface area contributed by atoms with Crippen LogP contribution in [0.25, 0.3) is 0 Å². The first-order chi connectivity index (χ1) is 7.29. The molecule has 90 valence electrons. The molecule has 0 radical (unpaired) electrons. The molecule has 0 bridgehead atoms. The Morgan fingerprint density at radius 1 is 1.12 bits per heavy atom. The quantitative estimate of drug-likeness (QED) is 0.842. The number of benzene rings is 1. The monoisotopic (exact) mass is 232 g/mol. The number of alkyl halides is 3. The minimum atomic E-state index is -4.42. The molecule has 0 spiro atoms. The molecular weight excluding hydrogens is 217 g/mol. The van der Waals surface area contributed by atoms with Crippen LogP contribution in [0.4, 0.5) is 13.2 Å². The molecule has 1 atom stereocenters. The Morgan fingerprint density at radius 2 is 1.62 bits per heavy atom. The standard InChI is InChI=1S/C12H15F3O/c1-3-8-11(2,16)9-6-4-5-7-10(9)12(13,14)15/h4-7,16H,3,8H2,1-2H3. The number of hydrogen-bond acceptors (Lipinski definition) is 1.